The van der Waals surface area contributed by atoms with E-state index >= 15 is 0 Å². The lowest BCUT2D eigenvalue weighted by Gasteiger charge is -2.12. The molecule has 9 nitrogen and oxygen atoms in total. The fourth-order valence-corrected chi connectivity index (χ4v) is 3.57. The number of anilines is 1. The first-order chi connectivity index (χ1) is 14.1. The number of hydrogen-bond acceptors (Lipinski definition) is 8. The Kier molecular flexibility index (Phi) is 5.17. The van der Waals surface area contributed by atoms with E-state index in [1.54, 1.807) is 32.2 Å². The van der Waals surface area contributed by atoms with Crippen LogP contribution >= 0.6 is 11.8 Å². The molecule has 1 atom stereocenters. The summed E-state index contributed by atoms with van der Waals surface area (Å²) in [6, 6.07) is 12.6. The highest BCUT2D eigenvalue weighted by Gasteiger charge is 2.22. The van der Waals surface area contributed by atoms with Crippen molar-refractivity contribution in [1.82, 2.24) is 14.9 Å². The summed E-state index contributed by atoms with van der Waals surface area (Å²) in [6.07, 6.45) is 0. The molecule has 10 heteroatoms. The fourth-order valence-electron chi connectivity index (χ4n) is 2.80. The van der Waals surface area contributed by atoms with Gasteiger partial charge in [-0.3, -0.25) is 4.79 Å². The van der Waals surface area contributed by atoms with Crippen molar-refractivity contribution in [3.63, 3.8) is 0 Å². The lowest BCUT2D eigenvalue weighted by molar-refractivity contribution is -0.115. The van der Waals surface area contributed by atoms with Crippen LogP contribution in [0.1, 0.15) is 6.92 Å². The maximum absolute atomic E-state index is 12.6. The Morgan fingerprint density at radius 1 is 1.24 bits per heavy atom. The van der Waals surface area contributed by atoms with Crippen molar-refractivity contribution < 1.29 is 19.0 Å². The first-order valence-electron chi connectivity index (χ1n) is 8.78. The number of carbonyl (C=O) groups excluding carboxylic acids is 1. The van der Waals surface area contributed by atoms with Gasteiger partial charge in [0.1, 0.15) is 5.75 Å². The van der Waals surface area contributed by atoms with Gasteiger partial charge in [0.05, 0.1) is 17.9 Å². The van der Waals surface area contributed by atoms with Crippen LogP contribution in [0, 0.1) is 0 Å². The second-order valence-corrected chi connectivity index (χ2v) is 7.50. The van der Waals surface area contributed by atoms with Crippen LogP contribution in [-0.2, 0) is 4.79 Å². The van der Waals surface area contributed by atoms with Gasteiger partial charge in [-0.25, -0.2) is 4.68 Å². The molecule has 3 aromatic rings. The number of nitrogen functional groups attached to an aromatic ring is 1. The molecule has 1 amide bonds. The lowest BCUT2D eigenvalue weighted by Crippen LogP contribution is -2.23. The number of hydrogen-bond donors (Lipinski definition) is 2. The molecular weight excluding hydrogens is 394 g/mol. The number of nitrogens with zero attached hydrogens (tertiary/aromatic N) is 3. The van der Waals surface area contributed by atoms with E-state index in [2.05, 4.69) is 15.5 Å². The quantitative estimate of drug-likeness (QED) is 0.468. The summed E-state index contributed by atoms with van der Waals surface area (Å²) in [5.41, 5.74) is 1.34. The Morgan fingerprint density at radius 3 is 2.86 bits per heavy atom. The zero-order valence-corrected chi connectivity index (χ0v) is 16.6. The van der Waals surface area contributed by atoms with Crippen LogP contribution in [0.2, 0.25) is 0 Å². The van der Waals surface area contributed by atoms with Gasteiger partial charge in [-0.1, -0.05) is 23.9 Å². The summed E-state index contributed by atoms with van der Waals surface area (Å²) in [7, 11) is 1.58. The highest BCUT2D eigenvalue weighted by Crippen LogP contribution is 2.35. The number of nitrogens with one attached hydrogen (secondary N) is 1. The van der Waals surface area contributed by atoms with Crippen molar-refractivity contribution in [3.8, 4) is 28.6 Å². The SMILES string of the molecule is COc1ccccc1-c1nnc(SC(C)C(=O)Nc2ccc3c(c2)OCO3)n1N. The highest BCUT2D eigenvalue weighted by atomic mass is 32.2. The van der Waals surface area contributed by atoms with E-state index in [0.717, 1.165) is 0 Å². The Bertz CT molecular complexity index is 1050. The summed E-state index contributed by atoms with van der Waals surface area (Å²) in [5, 5.41) is 11.1. The zero-order chi connectivity index (χ0) is 20.4. The molecule has 0 saturated heterocycles. The summed E-state index contributed by atoms with van der Waals surface area (Å²) in [4.78, 5) is 12.6. The van der Waals surface area contributed by atoms with E-state index in [9.17, 15) is 4.79 Å². The molecule has 2 heterocycles. The van der Waals surface area contributed by atoms with Crippen molar-refractivity contribution in [2.75, 3.05) is 25.1 Å². The van der Waals surface area contributed by atoms with Gasteiger partial charge >= 0.3 is 0 Å². The van der Waals surface area contributed by atoms with Gasteiger partial charge in [0, 0.05) is 11.8 Å². The van der Waals surface area contributed by atoms with Crippen molar-refractivity contribution in [3.05, 3.63) is 42.5 Å². The van der Waals surface area contributed by atoms with Crippen molar-refractivity contribution >= 4 is 23.4 Å². The molecule has 2 aromatic carbocycles. The predicted molar refractivity (Wildman–Crippen MR) is 109 cm³/mol. The van der Waals surface area contributed by atoms with Crippen LogP contribution in [-0.4, -0.2) is 39.9 Å². The summed E-state index contributed by atoms with van der Waals surface area (Å²) >= 11 is 1.21. The van der Waals surface area contributed by atoms with Gasteiger partial charge in [0.2, 0.25) is 17.9 Å². The maximum Gasteiger partial charge on any atom is 0.237 e. The smallest absolute Gasteiger partial charge is 0.237 e. The van der Waals surface area contributed by atoms with E-state index in [4.69, 9.17) is 20.1 Å². The molecule has 1 aliphatic rings. The summed E-state index contributed by atoms with van der Waals surface area (Å²) in [5.74, 6) is 8.33. The maximum atomic E-state index is 12.6. The van der Waals surface area contributed by atoms with Gasteiger partial charge in [-0.05, 0) is 31.2 Å². The average molecular weight is 413 g/mol. The van der Waals surface area contributed by atoms with Crippen LogP contribution < -0.4 is 25.4 Å². The van der Waals surface area contributed by atoms with Gasteiger partial charge in [-0.2, -0.15) is 0 Å². The number of carbonyl (C=O) groups is 1. The molecular formula is C19H19N5O4S. The molecule has 3 N–H and O–H groups in total. The third-order valence-electron chi connectivity index (χ3n) is 4.30. The minimum Gasteiger partial charge on any atom is -0.496 e. The molecule has 1 unspecified atom stereocenters. The first kappa shape index (κ1) is 18.9. The van der Waals surface area contributed by atoms with Gasteiger partial charge < -0.3 is 25.4 Å². The number of nitrogens with two attached hydrogens (primary N) is 1. The predicted octanol–water partition coefficient (Wildman–Crippen LogP) is 2.52. The van der Waals surface area contributed by atoms with Crippen LogP contribution in [0.5, 0.6) is 17.2 Å². The molecule has 150 valence electrons. The molecule has 0 fully saturated rings. The van der Waals surface area contributed by atoms with Crippen molar-refractivity contribution in [2.24, 2.45) is 0 Å². The number of para-hydroxylation sites is 1. The van der Waals surface area contributed by atoms with Gasteiger partial charge in [-0.15, -0.1) is 10.2 Å². The molecule has 0 saturated carbocycles. The van der Waals surface area contributed by atoms with Gasteiger partial charge in [0.25, 0.3) is 0 Å². The number of fused-ring (bicyclic) bond motifs is 1. The average Bonchev–Trinajstić information content (AvgIpc) is 3.34. The first-order valence-corrected chi connectivity index (χ1v) is 9.66. The van der Waals surface area contributed by atoms with Crippen LogP contribution in [0.25, 0.3) is 11.4 Å². The van der Waals surface area contributed by atoms with Crippen LogP contribution in [0.4, 0.5) is 5.69 Å². The largest absolute Gasteiger partial charge is 0.496 e. The Morgan fingerprint density at radius 2 is 2.03 bits per heavy atom. The summed E-state index contributed by atoms with van der Waals surface area (Å²) in [6.45, 7) is 1.95. The van der Waals surface area contributed by atoms with E-state index in [1.165, 1.54) is 16.4 Å². The summed E-state index contributed by atoms with van der Waals surface area (Å²) < 4.78 is 17.3. The topological polar surface area (TPSA) is 114 Å². The molecule has 0 spiro atoms. The molecule has 0 radical (unpaired) electrons. The molecule has 4 rings (SSSR count). The highest BCUT2D eigenvalue weighted by molar-refractivity contribution is 8.00. The van der Waals surface area contributed by atoms with Crippen LogP contribution in [0.3, 0.4) is 0 Å². The van der Waals surface area contributed by atoms with E-state index in [1.807, 2.05) is 24.3 Å². The zero-order valence-electron chi connectivity index (χ0n) is 15.8. The second-order valence-electron chi connectivity index (χ2n) is 6.19. The number of thioether (sulfide) groups is 1. The van der Waals surface area contributed by atoms with E-state index < -0.39 is 5.25 Å². The lowest BCUT2D eigenvalue weighted by atomic mass is 10.2. The monoisotopic (exact) mass is 413 g/mol. The van der Waals surface area contributed by atoms with Crippen molar-refractivity contribution in [2.45, 2.75) is 17.3 Å². The third kappa shape index (κ3) is 3.79. The third-order valence-corrected chi connectivity index (χ3v) is 5.36. The number of aromatic nitrogens is 3. The second kappa shape index (κ2) is 7.92. The number of ether oxygens (including phenoxy) is 3. The Balaban J connectivity index is 1.46. The molecule has 0 aliphatic carbocycles. The van der Waals surface area contributed by atoms with E-state index in [-0.39, 0.29) is 12.7 Å². The number of amides is 1. The Labute approximate surface area is 171 Å². The van der Waals surface area contributed by atoms with Crippen LogP contribution in [0.15, 0.2) is 47.6 Å². The number of benzene rings is 2. The molecule has 29 heavy (non-hydrogen) atoms. The minimum atomic E-state index is -0.461. The minimum absolute atomic E-state index is 0.180. The van der Waals surface area contributed by atoms with Crippen molar-refractivity contribution in [1.29, 1.82) is 0 Å². The number of methoxy groups -OCH3 is 1. The molecule has 0 bridgehead atoms. The molecule has 1 aromatic heterocycles. The van der Waals surface area contributed by atoms with E-state index in [0.29, 0.717) is 39.5 Å². The van der Waals surface area contributed by atoms with Gasteiger partial charge in [0.15, 0.2) is 17.3 Å². The normalized spacial score (nSPS) is 13.2. The molecule has 1 aliphatic heterocycles. The Hall–Kier alpha value is -3.40. The fraction of sp³-hybridized carbons (Fsp3) is 0.211. The number of rotatable bonds is 6. The standard InChI is InChI=1S/C19H19N5O4S/c1-11(18(25)21-12-7-8-15-16(9-12)28-10-27-15)29-19-23-22-17(24(19)20)13-5-3-4-6-14(13)26-2/h3-9,11H,10,20H2,1-2H3,(H,21,25).